The Morgan fingerprint density at radius 2 is 2.06 bits per heavy atom. The number of hydrogen-bond donors (Lipinski definition) is 1. The summed E-state index contributed by atoms with van der Waals surface area (Å²) in [4.78, 5) is 0. The molecule has 0 spiro atoms. The van der Waals surface area contributed by atoms with Gasteiger partial charge in [-0.2, -0.15) is 0 Å². The smallest absolute Gasteiger partial charge is 0.118 e. The van der Waals surface area contributed by atoms with Gasteiger partial charge in [0.2, 0.25) is 0 Å². The van der Waals surface area contributed by atoms with E-state index in [0.29, 0.717) is 11.8 Å². The molecule has 3 nitrogen and oxygen atoms in total. The summed E-state index contributed by atoms with van der Waals surface area (Å²) in [7, 11) is -0.785. The Hall–Kier alpha value is -0.610. The van der Waals surface area contributed by atoms with E-state index in [1.807, 2.05) is 19.1 Å². The van der Waals surface area contributed by atoms with Gasteiger partial charge in [-0.05, 0) is 18.6 Å². The Morgan fingerprint density at radius 1 is 1.38 bits per heavy atom. The fourth-order valence-electron chi connectivity index (χ4n) is 1.36. The molecule has 1 N–H and O–H groups in total. The largest absolute Gasteiger partial charge is 0.464 e. The highest BCUT2D eigenvalue weighted by atomic mass is 32.2. The summed E-state index contributed by atoms with van der Waals surface area (Å²) in [5.74, 6) is 3.03. The predicted octanol–water partition coefficient (Wildman–Crippen LogP) is 2.44. The lowest BCUT2D eigenvalue weighted by Crippen LogP contribution is -2.21. The lowest BCUT2D eigenvalue weighted by Gasteiger charge is -2.05. The molecule has 0 fully saturated rings. The summed E-state index contributed by atoms with van der Waals surface area (Å²) in [5.41, 5.74) is 0. The van der Waals surface area contributed by atoms with Gasteiger partial charge < -0.3 is 9.73 Å². The normalized spacial score (nSPS) is 13.2. The van der Waals surface area contributed by atoms with E-state index in [0.717, 1.165) is 30.2 Å². The van der Waals surface area contributed by atoms with Crippen LogP contribution in [0.2, 0.25) is 0 Å². The fraction of sp³-hybridized carbons (Fsp3) is 0.667. The molecule has 1 atom stereocenters. The van der Waals surface area contributed by atoms with E-state index in [-0.39, 0.29) is 0 Å². The van der Waals surface area contributed by atoms with Crippen LogP contribution in [-0.2, 0) is 23.1 Å². The molecule has 0 saturated heterocycles. The molecule has 0 aliphatic carbocycles. The van der Waals surface area contributed by atoms with Gasteiger partial charge in [-0.1, -0.05) is 20.8 Å². The van der Waals surface area contributed by atoms with E-state index < -0.39 is 10.8 Å². The molecule has 16 heavy (non-hydrogen) atoms. The van der Waals surface area contributed by atoms with Crippen LogP contribution in [0.4, 0.5) is 0 Å². The van der Waals surface area contributed by atoms with Gasteiger partial charge in [-0.25, -0.2) is 0 Å². The van der Waals surface area contributed by atoms with Crippen molar-refractivity contribution in [1.82, 2.24) is 5.32 Å². The van der Waals surface area contributed by atoms with Gasteiger partial charge >= 0.3 is 0 Å². The van der Waals surface area contributed by atoms with Gasteiger partial charge in [0.05, 0.1) is 12.3 Å². The zero-order valence-corrected chi connectivity index (χ0v) is 11.1. The van der Waals surface area contributed by atoms with Crippen LogP contribution in [0.15, 0.2) is 16.5 Å². The molecule has 1 rings (SSSR count). The van der Waals surface area contributed by atoms with Crippen LogP contribution in [0, 0.1) is 0 Å². The maximum atomic E-state index is 11.5. The number of furan rings is 1. The summed E-state index contributed by atoms with van der Waals surface area (Å²) in [6.45, 7) is 6.97. The molecule has 0 amide bonds. The van der Waals surface area contributed by atoms with Crippen molar-refractivity contribution in [3.8, 4) is 0 Å². The first-order valence-corrected chi connectivity index (χ1v) is 7.26. The molecular weight excluding hydrogens is 222 g/mol. The Bertz CT molecular complexity index is 334. The zero-order chi connectivity index (χ0) is 12.0. The minimum Gasteiger partial charge on any atom is -0.464 e. The summed E-state index contributed by atoms with van der Waals surface area (Å²) in [6, 6.07) is 4.32. The maximum Gasteiger partial charge on any atom is 0.118 e. The van der Waals surface area contributed by atoms with Gasteiger partial charge in [-0.15, -0.1) is 0 Å². The van der Waals surface area contributed by atoms with Crippen molar-refractivity contribution >= 4 is 10.8 Å². The predicted molar refractivity (Wildman–Crippen MR) is 67.7 cm³/mol. The lowest BCUT2D eigenvalue weighted by atomic mass is 10.3. The molecule has 92 valence electrons. The third-order valence-corrected chi connectivity index (χ3v) is 3.61. The quantitative estimate of drug-likeness (QED) is 0.800. The van der Waals surface area contributed by atoms with E-state index in [2.05, 4.69) is 19.2 Å². The van der Waals surface area contributed by atoms with Crippen LogP contribution in [0.5, 0.6) is 0 Å². The second-order valence-corrected chi connectivity index (χ2v) is 5.77. The first-order valence-electron chi connectivity index (χ1n) is 5.77. The van der Waals surface area contributed by atoms with Crippen molar-refractivity contribution in [2.75, 3.05) is 5.75 Å². The van der Waals surface area contributed by atoms with Gasteiger partial charge in [0, 0.05) is 22.6 Å². The van der Waals surface area contributed by atoms with Crippen LogP contribution in [0.25, 0.3) is 0 Å². The molecule has 1 heterocycles. The standard InChI is InChI=1S/C12H21NO2S/c1-4-7-16(14)9-12-6-5-11(15-12)8-13-10(2)3/h5-6,10,13H,4,7-9H2,1-3H3. The highest BCUT2D eigenvalue weighted by Gasteiger charge is 2.06. The second-order valence-electron chi connectivity index (χ2n) is 4.19. The van der Waals surface area contributed by atoms with Crippen LogP contribution < -0.4 is 5.32 Å². The molecule has 0 saturated carbocycles. The molecule has 0 aliphatic rings. The van der Waals surface area contributed by atoms with Gasteiger partial charge in [0.25, 0.3) is 0 Å². The zero-order valence-electron chi connectivity index (χ0n) is 10.3. The van der Waals surface area contributed by atoms with E-state index in [9.17, 15) is 4.21 Å². The highest BCUT2D eigenvalue weighted by Crippen LogP contribution is 2.10. The van der Waals surface area contributed by atoms with Gasteiger partial charge in [0.1, 0.15) is 11.5 Å². The molecule has 1 unspecified atom stereocenters. The second kappa shape index (κ2) is 6.86. The van der Waals surface area contributed by atoms with Crippen molar-refractivity contribution in [2.45, 2.75) is 45.5 Å². The summed E-state index contributed by atoms with van der Waals surface area (Å²) < 4.78 is 17.1. The van der Waals surface area contributed by atoms with Crippen LogP contribution in [0.1, 0.15) is 38.7 Å². The van der Waals surface area contributed by atoms with Gasteiger partial charge in [-0.3, -0.25) is 4.21 Å². The van der Waals surface area contributed by atoms with Gasteiger partial charge in [0.15, 0.2) is 0 Å². The fourth-order valence-corrected chi connectivity index (χ4v) is 2.43. The molecule has 1 aromatic heterocycles. The van der Waals surface area contributed by atoms with Crippen molar-refractivity contribution < 1.29 is 8.63 Å². The first kappa shape index (κ1) is 13.5. The molecule has 0 bridgehead atoms. The Kier molecular flexibility index (Phi) is 5.77. The van der Waals surface area contributed by atoms with E-state index >= 15 is 0 Å². The molecule has 4 heteroatoms. The molecule has 0 aliphatic heterocycles. The minimum atomic E-state index is -0.785. The maximum absolute atomic E-state index is 11.5. The third-order valence-electron chi connectivity index (χ3n) is 2.14. The molecule has 1 aromatic rings. The lowest BCUT2D eigenvalue weighted by molar-refractivity contribution is 0.445. The van der Waals surface area contributed by atoms with E-state index in [4.69, 9.17) is 4.42 Å². The van der Waals surface area contributed by atoms with Crippen molar-refractivity contribution in [3.63, 3.8) is 0 Å². The number of hydrogen-bond acceptors (Lipinski definition) is 3. The molecule has 0 aromatic carbocycles. The Morgan fingerprint density at radius 3 is 2.69 bits per heavy atom. The average Bonchev–Trinajstić information content (AvgIpc) is 2.63. The molecular formula is C12H21NO2S. The Labute approximate surface area is 100 Å². The SMILES string of the molecule is CCCS(=O)Cc1ccc(CNC(C)C)o1. The summed E-state index contributed by atoms with van der Waals surface area (Å²) in [6.07, 6.45) is 0.953. The van der Waals surface area contributed by atoms with E-state index in [1.165, 1.54) is 0 Å². The Balaban J connectivity index is 2.42. The molecule has 0 radical (unpaired) electrons. The summed E-state index contributed by atoms with van der Waals surface area (Å²) >= 11 is 0. The number of nitrogens with one attached hydrogen (secondary N) is 1. The topological polar surface area (TPSA) is 42.2 Å². The van der Waals surface area contributed by atoms with Crippen molar-refractivity contribution in [1.29, 1.82) is 0 Å². The summed E-state index contributed by atoms with van der Waals surface area (Å²) in [5, 5.41) is 3.28. The number of rotatable bonds is 7. The van der Waals surface area contributed by atoms with E-state index in [1.54, 1.807) is 0 Å². The highest BCUT2D eigenvalue weighted by molar-refractivity contribution is 7.84. The average molecular weight is 243 g/mol. The van der Waals surface area contributed by atoms with Crippen LogP contribution in [-0.4, -0.2) is 16.0 Å². The first-order chi connectivity index (χ1) is 7.61. The third kappa shape index (κ3) is 4.94. The van der Waals surface area contributed by atoms with Crippen LogP contribution >= 0.6 is 0 Å². The monoisotopic (exact) mass is 243 g/mol. The minimum absolute atomic E-state index is 0.447. The van der Waals surface area contributed by atoms with Crippen molar-refractivity contribution in [3.05, 3.63) is 23.7 Å². The van der Waals surface area contributed by atoms with Crippen LogP contribution in [0.3, 0.4) is 0 Å². The van der Waals surface area contributed by atoms with Crippen molar-refractivity contribution in [2.24, 2.45) is 0 Å².